The Morgan fingerprint density at radius 3 is 2.27 bits per heavy atom. The van der Waals surface area contributed by atoms with Crippen molar-refractivity contribution in [3.05, 3.63) is 100.0 Å². The fourth-order valence-corrected chi connectivity index (χ4v) is 6.00. The first kappa shape index (κ1) is 24.9. The van der Waals surface area contributed by atoms with Gasteiger partial charge >= 0.3 is 0 Å². The minimum atomic E-state index is -0.374. The minimum Gasteiger partial charge on any atom is -0.324 e. The van der Waals surface area contributed by atoms with Crippen LogP contribution in [0.5, 0.6) is 0 Å². The highest BCUT2D eigenvalue weighted by atomic mass is 32.2. The Labute approximate surface area is 225 Å². The molecule has 0 unspecified atom stereocenters. The summed E-state index contributed by atoms with van der Waals surface area (Å²) in [5.41, 5.74) is 5.28. The number of para-hydroxylation sites is 2. The minimum absolute atomic E-state index is 0.165. The number of thioether (sulfide) groups is 1. The normalized spacial score (nSPS) is 17.0. The van der Waals surface area contributed by atoms with Crippen molar-refractivity contribution in [3.63, 3.8) is 0 Å². The third-order valence-corrected chi connectivity index (χ3v) is 7.96. The molecule has 0 aliphatic carbocycles. The van der Waals surface area contributed by atoms with Crippen LogP contribution in [0.4, 0.5) is 11.4 Å². The Morgan fingerprint density at radius 2 is 1.54 bits per heavy atom. The molecule has 0 radical (unpaired) electrons. The summed E-state index contributed by atoms with van der Waals surface area (Å²) >= 11 is 6.67. The Balaban J connectivity index is 1.40. The lowest BCUT2D eigenvalue weighted by atomic mass is 10.1. The van der Waals surface area contributed by atoms with Crippen LogP contribution in [0, 0.1) is 13.8 Å². The van der Waals surface area contributed by atoms with Crippen molar-refractivity contribution in [2.24, 2.45) is 0 Å². The number of hydrogen-bond donors (Lipinski definition) is 1. The van der Waals surface area contributed by atoms with Crippen molar-refractivity contribution in [3.8, 4) is 0 Å². The number of anilines is 2. The van der Waals surface area contributed by atoms with E-state index >= 15 is 0 Å². The highest BCUT2D eigenvalue weighted by Gasteiger charge is 2.42. The maximum Gasteiger partial charge on any atom is 0.267 e. The van der Waals surface area contributed by atoms with Gasteiger partial charge in [-0.2, -0.15) is 0 Å². The van der Waals surface area contributed by atoms with E-state index in [1.165, 1.54) is 4.90 Å². The molecule has 5 rings (SSSR count). The molecule has 2 heterocycles. The monoisotopic (exact) mass is 527 g/mol. The summed E-state index contributed by atoms with van der Waals surface area (Å²) in [7, 11) is 0. The molecular formula is C29H25N3O3S2. The van der Waals surface area contributed by atoms with Gasteiger partial charge in [-0.15, -0.1) is 0 Å². The zero-order valence-electron chi connectivity index (χ0n) is 20.5. The topological polar surface area (TPSA) is 69.7 Å². The number of nitrogens with zero attached hydrogens (tertiary/aromatic N) is 2. The summed E-state index contributed by atoms with van der Waals surface area (Å²) in [6.45, 7) is 4.12. The molecule has 3 aromatic carbocycles. The van der Waals surface area contributed by atoms with Gasteiger partial charge in [0.1, 0.15) is 10.9 Å². The molecule has 1 saturated heterocycles. The van der Waals surface area contributed by atoms with E-state index in [2.05, 4.69) is 5.32 Å². The van der Waals surface area contributed by atoms with Gasteiger partial charge in [0.05, 0.1) is 16.2 Å². The van der Waals surface area contributed by atoms with Crippen LogP contribution in [0.15, 0.2) is 77.7 Å². The summed E-state index contributed by atoms with van der Waals surface area (Å²) in [4.78, 5) is 43.4. The first-order chi connectivity index (χ1) is 17.8. The van der Waals surface area contributed by atoms with E-state index in [0.29, 0.717) is 39.0 Å². The van der Waals surface area contributed by atoms with E-state index in [0.717, 1.165) is 34.1 Å². The SMILES string of the molecule is Cc1cccc(C)c1NC(=O)CN1C(=O)C(=C2SC(=S)N(CCc3ccccc3)C2=O)c2ccccc21. The number of aryl methyl sites for hydroxylation is 2. The van der Waals surface area contributed by atoms with Crippen LogP contribution in [-0.4, -0.2) is 40.0 Å². The van der Waals surface area contributed by atoms with Crippen molar-refractivity contribution >= 4 is 63.0 Å². The molecule has 0 bridgehead atoms. The van der Waals surface area contributed by atoms with Crippen LogP contribution in [0.25, 0.3) is 5.57 Å². The lowest BCUT2D eigenvalue weighted by molar-refractivity contribution is -0.122. The molecule has 3 aromatic rings. The Kier molecular flexibility index (Phi) is 6.95. The van der Waals surface area contributed by atoms with Gasteiger partial charge in [-0.1, -0.05) is 90.7 Å². The fraction of sp³-hybridized carbons (Fsp3) is 0.172. The highest BCUT2D eigenvalue weighted by molar-refractivity contribution is 8.26. The van der Waals surface area contributed by atoms with Gasteiger partial charge in [0.25, 0.3) is 11.8 Å². The molecule has 2 aliphatic heterocycles. The smallest absolute Gasteiger partial charge is 0.267 e. The zero-order valence-corrected chi connectivity index (χ0v) is 22.1. The molecular weight excluding hydrogens is 502 g/mol. The number of benzene rings is 3. The van der Waals surface area contributed by atoms with Crippen LogP contribution in [-0.2, 0) is 20.8 Å². The number of carbonyl (C=O) groups is 3. The second-order valence-electron chi connectivity index (χ2n) is 8.99. The third-order valence-electron chi connectivity index (χ3n) is 6.51. The maximum absolute atomic E-state index is 13.7. The van der Waals surface area contributed by atoms with Crippen LogP contribution in [0.3, 0.4) is 0 Å². The quantitative estimate of drug-likeness (QED) is 0.357. The number of hydrogen-bond acceptors (Lipinski definition) is 5. The molecule has 0 spiro atoms. The number of fused-ring (bicyclic) bond motifs is 1. The number of amides is 3. The summed E-state index contributed by atoms with van der Waals surface area (Å²) < 4.78 is 0.430. The van der Waals surface area contributed by atoms with Crippen molar-refractivity contribution in [2.75, 3.05) is 23.3 Å². The van der Waals surface area contributed by atoms with Gasteiger partial charge in [-0.3, -0.25) is 24.2 Å². The van der Waals surface area contributed by atoms with E-state index in [9.17, 15) is 14.4 Å². The van der Waals surface area contributed by atoms with Crippen LogP contribution in [0.2, 0.25) is 0 Å². The maximum atomic E-state index is 13.7. The van der Waals surface area contributed by atoms with Crippen LogP contribution >= 0.6 is 24.0 Å². The number of carbonyl (C=O) groups excluding carboxylic acids is 3. The lowest BCUT2D eigenvalue weighted by Crippen LogP contribution is -2.36. The van der Waals surface area contributed by atoms with E-state index in [-0.39, 0.29) is 24.3 Å². The summed E-state index contributed by atoms with van der Waals surface area (Å²) in [6, 6.07) is 22.9. The molecule has 0 saturated carbocycles. The summed E-state index contributed by atoms with van der Waals surface area (Å²) in [6.07, 6.45) is 0.658. The van der Waals surface area contributed by atoms with Gasteiger partial charge in [0.2, 0.25) is 5.91 Å². The summed E-state index contributed by atoms with van der Waals surface area (Å²) in [5, 5.41) is 2.95. The molecule has 1 fully saturated rings. The van der Waals surface area contributed by atoms with Gasteiger partial charge in [0, 0.05) is 17.8 Å². The average Bonchev–Trinajstić information content (AvgIpc) is 3.32. The number of rotatable bonds is 6. The second-order valence-corrected chi connectivity index (χ2v) is 10.6. The molecule has 3 amide bonds. The molecule has 6 nitrogen and oxygen atoms in total. The van der Waals surface area contributed by atoms with Gasteiger partial charge in [0.15, 0.2) is 0 Å². The van der Waals surface area contributed by atoms with Crippen molar-refractivity contribution in [1.29, 1.82) is 0 Å². The van der Waals surface area contributed by atoms with Gasteiger partial charge < -0.3 is 5.32 Å². The lowest BCUT2D eigenvalue weighted by Gasteiger charge is -2.18. The van der Waals surface area contributed by atoms with Crippen molar-refractivity contribution in [1.82, 2.24) is 4.90 Å². The highest BCUT2D eigenvalue weighted by Crippen LogP contribution is 2.44. The third kappa shape index (κ3) is 4.82. The Morgan fingerprint density at radius 1 is 0.865 bits per heavy atom. The first-order valence-electron chi connectivity index (χ1n) is 11.9. The predicted molar refractivity (Wildman–Crippen MR) is 152 cm³/mol. The fourth-order valence-electron chi connectivity index (χ4n) is 4.62. The summed E-state index contributed by atoms with van der Waals surface area (Å²) in [5.74, 6) is -0.954. The number of nitrogens with one attached hydrogen (secondary N) is 1. The zero-order chi connectivity index (χ0) is 26.1. The first-order valence-corrected chi connectivity index (χ1v) is 13.2. The molecule has 186 valence electrons. The molecule has 1 N–H and O–H groups in total. The van der Waals surface area contributed by atoms with Gasteiger partial charge in [-0.05, 0) is 43.0 Å². The van der Waals surface area contributed by atoms with E-state index in [1.54, 1.807) is 11.0 Å². The Bertz CT molecular complexity index is 1450. The van der Waals surface area contributed by atoms with Gasteiger partial charge in [-0.25, -0.2) is 0 Å². The largest absolute Gasteiger partial charge is 0.324 e. The average molecular weight is 528 g/mol. The van der Waals surface area contributed by atoms with Crippen LogP contribution in [0.1, 0.15) is 22.3 Å². The second kappa shape index (κ2) is 10.3. The van der Waals surface area contributed by atoms with E-state index in [1.807, 2.05) is 80.6 Å². The van der Waals surface area contributed by atoms with Crippen molar-refractivity contribution < 1.29 is 14.4 Å². The predicted octanol–water partition coefficient (Wildman–Crippen LogP) is 5.10. The molecule has 0 atom stereocenters. The standard InChI is InChI=1S/C29H25N3O3S2/c1-18-9-8-10-19(2)25(18)30-23(33)17-32-22-14-7-6-13-21(22)24(27(32)34)26-28(35)31(29(36)37-26)16-15-20-11-4-3-5-12-20/h3-14H,15-17H2,1-2H3,(H,30,33). The van der Waals surface area contributed by atoms with E-state index in [4.69, 9.17) is 12.2 Å². The molecule has 0 aromatic heterocycles. The molecule has 37 heavy (non-hydrogen) atoms. The number of thiocarbonyl (C=S) groups is 1. The molecule has 2 aliphatic rings. The van der Waals surface area contributed by atoms with Crippen LogP contribution < -0.4 is 10.2 Å². The van der Waals surface area contributed by atoms with E-state index < -0.39 is 0 Å². The molecule has 8 heteroatoms. The van der Waals surface area contributed by atoms with Crippen molar-refractivity contribution in [2.45, 2.75) is 20.3 Å². The Hall–Kier alpha value is -3.75.